The van der Waals surface area contributed by atoms with Gasteiger partial charge in [0.15, 0.2) is 0 Å². The van der Waals surface area contributed by atoms with E-state index in [9.17, 15) is 9.90 Å². The molecule has 21 heavy (non-hydrogen) atoms. The van der Waals surface area contributed by atoms with Gasteiger partial charge < -0.3 is 19.6 Å². The summed E-state index contributed by atoms with van der Waals surface area (Å²) in [5.74, 6) is -0.265. The molecule has 0 spiro atoms. The molecule has 2 aromatic rings. The summed E-state index contributed by atoms with van der Waals surface area (Å²) in [5, 5.41) is 12.9. The number of amides is 1. The Bertz CT molecular complexity index is 667. The van der Waals surface area contributed by atoms with Crippen LogP contribution in [0.2, 0.25) is 0 Å². The van der Waals surface area contributed by atoms with E-state index in [-0.39, 0.29) is 18.1 Å². The normalized spacial score (nSPS) is 25.4. The smallest absolute Gasteiger partial charge is 0.271 e. The molecule has 2 aromatic heterocycles. The average molecular weight is 289 g/mol. The van der Waals surface area contributed by atoms with Gasteiger partial charge in [-0.15, -0.1) is 0 Å². The van der Waals surface area contributed by atoms with Crippen molar-refractivity contribution in [3.8, 4) is 0 Å². The third-order valence-electron chi connectivity index (χ3n) is 4.10. The standard InChI is InChI=1S/C15H19N3O3/c1-9-4-3-5-13-16-11(8-18(9)13)15(20)17-10-6-7-12(21-2)14(10)19/h3-5,8,10,12,14,19H,6-7H2,1-2H3,(H,17,20)/t10-,12-,14-/m1/s1. The second-order valence-corrected chi connectivity index (χ2v) is 5.44. The Kier molecular flexibility index (Phi) is 3.65. The number of aliphatic hydroxyl groups is 1. The molecule has 1 amide bonds. The van der Waals surface area contributed by atoms with Crippen LogP contribution in [0, 0.1) is 6.92 Å². The Labute approximate surface area is 122 Å². The van der Waals surface area contributed by atoms with Gasteiger partial charge in [0.2, 0.25) is 0 Å². The Morgan fingerprint density at radius 2 is 2.29 bits per heavy atom. The molecule has 2 heterocycles. The van der Waals surface area contributed by atoms with Crippen molar-refractivity contribution in [2.24, 2.45) is 0 Å². The number of nitrogens with one attached hydrogen (secondary N) is 1. The van der Waals surface area contributed by atoms with Crippen molar-refractivity contribution in [2.75, 3.05) is 7.11 Å². The summed E-state index contributed by atoms with van der Waals surface area (Å²) in [6.07, 6.45) is 2.29. The molecule has 6 nitrogen and oxygen atoms in total. The minimum Gasteiger partial charge on any atom is -0.388 e. The van der Waals surface area contributed by atoms with Crippen LogP contribution >= 0.6 is 0 Å². The highest BCUT2D eigenvalue weighted by Gasteiger charge is 2.36. The molecular formula is C15H19N3O3. The summed E-state index contributed by atoms with van der Waals surface area (Å²) in [4.78, 5) is 16.6. The minimum absolute atomic E-state index is 0.210. The van der Waals surface area contributed by atoms with Crippen LogP contribution in [0.1, 0.15) is 29.0 Å². The van der Waals surface area contributed by atoms with Crippen molar-refractivity contribution in [1.29, 1.82) is 0 Å². The van der Waals surface area contributed by atoms with Gasteiger partial charge in [0, 0.05) is 19.0 Å². The molecule has 0 unspecified atom stereocenters. The number of methoxy groups -OCH3 is 1. The fourth-order valence-corrected chi connectivity index (χ4v) is 2.86. The predicted molar refractivity (Wildman–Crippen MR) is 77.2 cm³/mol. The summed E-state index contributed by atoms with van der Waals surface area (Å²) < 4.78 is 7.06. The number of carbonyl (C=O) groups is 1. The van der Waals surface area contributed by atoms with E-state index in [1.54, 1.807) is 13.3 Å². The average Bonchev–Trinajstić information content (AvgIpc) is 3.05. The summed E-state index contributed by atoms with van der Waals surface area (Å²) in [5.41, 5.74) is 2.11. The maximum Gasteiger partial charge on any atom is 0.271 e. The summed E-state index contributed by atoms with van der Waals surface area (Å²) >= 11 is 0. The van der Waals surface area contributed by atoms with Gasteiger partial charge in [-0.2, -0.15) is 0 Å². The zero-order chi connectivity index (χ0) is 15.0. The van der Waals surface area contributed by atoms with Crippen LogP contribution in [0.15, 0.2) is 24.4 Å². The van der Waals surface area contributed by atoms with Crippen LogP contribution in [0.25, 0.3) is 5.65 Å². The molecule has 0 radical (unpaired) electrons. The van der Waals surface area contributed by atoms with Crippen molar-refractivity contribution in [2.45, 2.75) is 38.0 Å². The Morgan fingerprint density at radius 3 is 2.95 bits per heavy atom. The number of pyridine rings is 1. The van der Waals surface area contributed by atoms with Gasteiger partial charge in [-0.25, -0.2) is 4.98 Å². The van der Waals surface area contributed by atoms with Crippen LogP contribution in [0.4, 0.5) is 0 Å². The lowest BCUT2D eigenvalue weighted by molar-refractivity contribution is 0.000185. The van der Waals surface area contributed by atoms with E-state index in [1.807, 2.05) is 29.5 Å². The number of hydrogen-bond acceptors (Lipinski definition) is 4. The van der Waals surface area contributed by atoms with Gasteiger partial charge in [-0.05, 0) is 31.9 Å². The van der Waals surface area contributed by atoms with E-state index in [0.717, 1.165) is 17.8 Å². The highest BCUT2D eigenvalue weighted by atomic mass is 16.5. The third kappa shape index (κ3) is 2.52. The van der Waals surface area contributed by atoms with Crippen molar-refractivity contribution in [1.82, 2.24) is 14.7 Å². The lowest BCUT2D eigenvalue weighted by atomic mass is 10.2. The Balaban J connectivity index is 1.77. The van der Waals surface area contributed by atoms with Gasteiger partial charge in [0.1, 0.15) is 17.4 Å². The molecule has 0 saturated heterocycles. The number of aliphatic hydroxyl groups excluding tert-OH is 1. The predicted octanol–water partition coefficient (Wildman–Crippen LogP) is 0.911. The SMILES string of the molecule is CO[C@@H]1CC[C@@H](NC(=O)c2cn3c(C)cccc3n2)[C@H]1O. The number of aryl methyl sites for hydroxylation is 1. The van der Waals surface area contributed by atoms with Gasteiger partial charge >= 0.3 is 0 Å². The molecule has 0 bridgehead atoms. The molecule has 3 rings (SSSR count). The first-order valence-electron chi connectivity index (χ1n) is 7.06. The molecule has 0 aliphatic heterocycles. The second-order valence-electron chi connectivity index (χ2n) is 5.44. The van der Waals surface area contributed by atoms with Crippen LogP contribution in [0.5, 0.6) is 0 Å². The fourth-order valence-electron chi connectivity index (χ4n) is 2.86. The van der Waals surface area contributed by atoms with E-state index in [4.69, 9.17) is 4.74 Å². The van der Waals surface area contributed by atoms with Crippen molar-refractivity contribution in [3.05, 3.63) is 35.8 Å². The monoisotopic (exact) mass is 289 g/mol. The molecular weight excluding hydrogens is 270 g/mol. The molecule has 1 aliphatic rings. The zero-order valence-corrected chi connectivity index (χ0v) is 12.1. The number of hydrogen-bond donors (Lipinski definition) is 2. The van der Waals surface area contributed by atoms with Gasteiger partial charge in [0.05, 0.1) is 12.1 Å². The molecule has 0 aromatic carbocycles. The number of rotatable bonds is 3. The van der Waals surface area contributed by atoms with E-state index >= 15 is 0 Å². The van der Waals surface area contributed by atoms with E-state index in [0.29, 0.717) is 12.1 Å². The molecule has 1 aliphatic carbocycles. The van der Waals surface area contributed by atoms with E-state index in [1.165, 1.54) is 0 Å². The fraction of sp³-hybridized carbons (Fsp3) is 0.467. The molecule has 1 saturated carbocycles. The number of carbonyl (C=O) groups excluding carboxylic acids is 1. The Morgan fingerprint density at radius 1 is 1.48 bits per heavy atom. The van der Waals surface area contributed by atoms with Crippen molar-refractivity contribution >= 4 is 11.6 Å². The molecule has 1 fully saturated rings. The molecule has 112 valence electrons. The summed E-state index contributed by atoms with van der Waals surface area (Å²) in [7, 11) is 1.57. The third-order valence-corrected chi connectivity index (χ3v) is 4.10. The molecule has 3 atom stereocenters. The van der Waals surface area contributed by atoms with E-state index in [2.05, 4.69) is 10.3 Å². The number of imidazole rings is 1. The lowest BCUT2D eigenvalue weighted by Gasteiger charge is -2.19. The largest absolute Gasteiger partial charge is 0.388 e. The van der Waals surface area contributed by atoms with Gasteiger partial charge in [-0.3, -0.25) is 4.79 Å². The topological polar surface area (TPSA) is 75.9 Å². The van der Waals surface area contributed by atoms with Crippen LogP contribution in [0.3, 0.4) is 0 Å². The number of ether oxygens (including phenoxy) is 1. The van der Waals surface area contributed by atoms with Crippen LogP contribution in [-0.2, 0) is 4.74 Å². The Hall–Kier alpha value is -1.92. The first kappa shape index (κ1) is 14.0. The van der Waals surface area contributed by atoms with Crippen molar-refractivity contribution in [3.63, 3.8) is 0 Å². The summed E-state index contributed by atoms with van der Waals surface area (Å²) in [6, 6.07) is 5.44. The van der Waals surface area contributed by atoms with E-state index < -0.39 is 6.10 Å². The van der Waals surface area contributed by atoms with Crippen molar-refractivity contribution < 1.29 is 14.6 Å². The quantitative estimate of drug-likeness (QED) is 0.880. The second kappa shape index (κ2) is 5.46. The lowest BCUT2D eigenvalue weighted by Crippen LogP contribution is -2.43. The highest BCUT2D eigenvalue weighted by molar-refractivity contribution is 5.93. The molecule has 6 heteroatoms. The molecule has 2 N–H and O–H groups in total. The maximum absolute atomic E-state index is 12.3. The number of nitrogens with zero attached hydrogens (tertiary/aromatic N) is 2. The first-order chi connectivity index (χ1) is 10.1. The zero-order valence-electron chi connectivity index (χ0n) is 12.1. The first-order valence-corrected chi connectivity index (χ1v) is 7.06. The number of aromatic nitrogens is 2. The highest BCUT2D eigenvalue weighted by Crippen LogP contribution is 2.22. The minimum atomic E-state index is -0.669. The van der Waals surface area contributed by atoms with Crippen LogP contribution in [-0.4, -0.2) is 45.8 Å². The maximum atomic E-state index is 12.3. The number of fused-ring (bicyclic) bond motifs is 1. The summed E-state index contributed by atoms with van der Waals surface area (Å²) in [6.45, 7) is 1.96. The van der Waals surface area contributed by atoms with Gasteiger partial charge in [-0.1, -0.05) is 6.07 Å². The van der Waals surface area contributed by atoms with Crippen LogP contribution < -0.4 is 5.32 Å². The van der Waals surface area contributed by atoms with Gasteiger partial charge in [0.25, 0.3) is 5.91 Å².